The third kappa shape index (κ3) is 4.40. The molecule has 0 bridgehead atoms. The van der Waals surface area contributed by atoms with Crippen molar-refractivity contribution < 1.29 is 19.1 Å². The number of methoxy groups -OCH3 is 1. The van der Waals surface area contributed by atoms with E-state index in [1.54, 1.807) is 31.4 Å². The van der Waals surface area contributed by atoms with Crippen molar-refractivity contribution in [3.63, 3.8) is 0 Å². The summed E-state index contributed by atoms with van der Waals surface area (Å²) in [4.78, 5) is 25.5. The van der Waals surface area contributed by atoms with Gasteiger partial charge in [-0.3, -0.25) is 9.59 Å². The number of benzene rings is 2. The number of nitrogens with zero attached hydrogens (tertiary/aromatic N) is 1. The van der Waals surface area contributed by atoms with Crippen LogP contribution in [0.3, 0.4) is 0 Å². The first kappa shape index (κ1) is 17.9. The molecule has 1 heterocycles. The summed E-state index contributed by atoms with van der Waals surface area (Å²) in [7, 11) is 1.74. The van der Waals surface area contributed by atoms with Crippen molar-refractivity contribution in [3.8, 4) is 5.75 Å². The third-order valence-electron chi connectivity index (χ3n) is 4.35. The minimum absolute atomic E-state index is 0.215. The van der Waals surface area contributed by atoms with Crippen molar-refractivity contribution >= 4 is 23.3 Å². The van der Waals surface area contributed by atoms with Crippen LogP contribution >= 0.6 is 0 Å². The lowest BCUT2D eigenvalue weighted by molar-refractivity contribution is -0.131. The van der Waals surface area contributed by atoms with Crippen LogP contribution in [0.15, 0.2) is 48.5 Å². The number of ether oxygens (including phenoxy) is 2. The number of amides is 1. The minimum atomic E-state index is -0.392. The Morgan fingerprint density at radius 2 is 1.77 bits per heavy atom. The predicted octanol–water partition coefficient (Wildman–Crippen LogP) is 3.09. The van der Waals surface area contributed by atoms with Gasteiger partial charge in [-0.1, -0.05) is 0 Å². The molecule has 3 rings (SSSR count). The Labute approximate surface area is 152 Å². The lowest BCUT2D eigenvalue weighted by Crippen LogP contribution is -2.22. The fraction of sp³-hybridized carbons (Fsp3) is 0.300. The molecular formula is C20H22N2O4. The maximum atomic E-state index is 12.3. The van der Waals surface area contributed by atoms with E-state index < -0.39 is 5.97 Å². The van der Waals surface area contributed by atoms with E-state index in [9.17, 15) is 9.59 Å². The predicted molar refractivity (Wildman–Crippen MR) is 99.8 cm³/mol. The first-order chi connectivity index (χ1) is 12.5. The molecule has 0 aromatic heterocycles. The van der Waals surface area contributed by atoms with Gasteiger partial charge in [0.2, 0.25) is 0 Å². The van der Waals surface area contributed by atoms with E-state index in [1.165, 1.54) is 6.92 Å². The normalized spacial score (nSPS) is 16.4. The summed E-state index contributed by atoms with van der Waals surface area (Å²) >= 11 is 0. The van der Waals surface area contributed by atoms with Gasteiger partial charge in [-0.15, -0.1) is 0 Å². The van der Waals surface area contributed by atoms with Crippen molar-refractivity contribution in [2.45, 2.75) is 19.4 Å². The number of rotatable bonds is 5. The Morgan fingerprint density at radius 1 is 1.08 bits per heavy atom. The summed E-state index contributed by atoms with van der Waals surface area (Å²) in [5, 5.41) is 2.87. The number of hydrogen-bond acceptors (Lipinski definition) is 5. The molecule has 0 aliphatic carbocycles. The summed E-state index contributed by atoms with van der Waals surface area (Å²) in [6.45, 7) is 3.19. The van der Waals surface area contributed by atoms with Crippen molar-refractivity contribution in [1.82, 2.24) is 0 Å². The second-order valence-corrected chi connectivity index (χ2v) is 6.21. The van der Waals surface area contributed by atoms with Gasteiger partial charge in [0, 0.05) is 44.1 Å². The molecule has 1 saturated heterocycles. The molecular weight excluding hydrogens is 332 g/mol. The molecule has 0 spiro atoms. The van der Waals surface area contributed by atoms with Crippen LogP contribution < -0.4 is 15.0 Å². The summed E-state index contributed by atoms with van der Waals surface area (Å²) in [5.41, 5.74) is 2.34. The summed E-state index contributed by atoms with van der Waals surface area (Å²) in [6, 6.07) is 14.2. The SMILES string of the molecule is COC1CCN(c2ccc(NC(=O)c3ccc(OC(C)=O)cc3)cc2)C1. The van der Waals surface area contributed by atoms with E-state index >= 15 is 0 Å². The quantitative estimate of drug-likeness (QED) is 0.660. The highest BCUT2D eigenvalue weighted by molar-refractivity contribution is 6.04. The Morgan fingerprint density at radius 3 is 2.35 bits per heavy atom. The monoisotopic (exact) mass is 354 g/mol. The topological polar surface area (TPSA) is 67.9 Å². The van der Waals surface area contributed by atoms with Crippen molar-refractivity contribution in [2.24, 2.45) is 0 Å². The van der Waals surface area contributed by atoms with Gasteiger partial charge >= 0.3 is 5.97 Å². The molecule has 1 fully saturated rings. The minimum Gasteiger partial charge on any atom is -0.427 e. The Kier molecular flexibility index (Phi) is 5.53. The van der Waals surface area contributed by atoms with Gasteiger partial charge in [0.1, 0.15) is 5.75 Å². The fourth-order valence-electron chi connectivity index (χ4n) is 2.95. The molecule has 0 saturated carbocycles. The molecule has 1 unspecified atom stereocenters. The van der Waals surface area contributed by atoms with Gasteiger partial charge in [-0.2, -0.15) is 0 Å². The Hall–Kier alpha value is -2.86. The van der Waals surface area contributed by atoms with E-state index in [1.807, 2.05) is 24.3 Å². The number of hydrogen-bond donors (Lipinski definition) is 1. The highest BCUT2D eigenvalue weighted by Crippen LogP contribution is 2.23. The third-order valence-corrected chi connectivity index (χ3v) is 4.35. The largest absolute Gasteiger partial charge is 0.427 e. The number of nitrogens with one attached hydrogen (secondary N) is 1. The molecule has 6 nitrogen and oxygen atoms in total. The van der Waals surface area contributed by atoms with Gasteiger partial charge in [-0.05, 0) is 55.0 Å². The highest BCUT2D eigenvalue weighted by Gasteiger charge is 2.22. The zero-order valence-electron chi connectivity index (χ0n) is 14.9. The number of anilines is 2. The van der Waals surface area contributed by atoms with Crippen LogP contribution in [-0.4, -0.2) is 38.2 Å². The zero-order valence-corrected chi connectivity index (χ0v) is 14.9. The van der Waals surface area contributed by atoms with Crippen LogP contribution in [0.25, 0.3) is 0 Å². The Bertz CT molecular complexity index is 771. The average Bonchev–Trinajstić information content (AvgIpc) is 3.11. The average molecular weight is 354 g/mol. The van der Waals surface area contributed by atoms with Crippen molar-refractivity contribution in [3.05, 3.63) is 54.1 Å². The van der Waals surface area contributed by atoms with Crippen LogP contribution in [0.1, 0.15) is 23.7 Å². The molecule has 136 valence electrons. The van der Waals surface area contributed by atoms with E-state index in [0.717, 1.165) is 30.9 Å². The van der Waals surface area contributed by atoms with Crippen LogP contribution in [0.4, 0.5) is 11.4 Å². The molecule has 1 atom stereocenters. The molecule has 2 aromatic rings. The number of carbonyl (C=O) groups is 2. The fourth-order valence-corrected chi connectivity index (χ4v) is 2.95. The standard InChI is InChI=1S/C20H22N2O4/c1-14(23)26-18-9-3-15(4-10-18)20(24)21-16-5-7-17(8-6-16)22-12-11-19(13-22)25-2/h3-10,19H,11-13H2,1-2H3,(H,21,24). The molecule has 6 heteroatoms. The lowest BCUT2D eigenvalue weighted by atomic mass is 10.2. The van der Waals surface area contributed by atoms with Crippen molar-refractivity contribution in [2.75, 3.05) is 30.4 Å². The van der Waals surface area contributed by atoms with Crippen LogP contribution in [0.2, 0.25) is 0 Å². The second-order valence-electron chi connectivity index (χ2n) is 6.21. The second kappa shape index (κ2) is 8.01. The van der Waals surface area contributed by atoms with Crippen LogP contribution in [-0.2, 0) is 9.53 Å². The molecule has 1 aliphatic rings. The van der Waals surface area contributed by atoms with Crippen LogP contribution in [0, 0.1) is 0 Å². The molecule has 1 N–H and O–H groups in total. The van der Waals surface area contributed by atoms with Crippen molar-refractivity contribution in [1.29, 1.82) is 0 Å². The van der Waals surface area contributed by atoms with Gasteiger partial charge in [-0.25, -0.2) is 0 Å². The van der Waals surface area contributed by atoms with Crippen LogP contribution in [0.5, 0.6) is 5.75 Å². The van der Waals surface area contributed by atoms with Gasteiger partial charge < -0.3 is 19.7 Å². The zero-order chi connectivity index (χ0) is 18.5. The van der Waals surface area contributed by atoms with E-state index in [4.69, 9.17) is 9.47 Å². The van der Waals surface area contributed by atoms with Gasteiger partial charge in [0.15, 0.2) is 0 Å². The first-order valence-corrected chi connectivity index (χ1v) is 8.53. The smallest absolute Gasteiger partial charge is 0.308 e. The maximum absolute atomic E-state index is 12.3. The molecule has 0 radical (unpaired) electrons. The Balaban J connectivity index is 1.60. The molecule has 1 aliphatic heterocycles. The number of carbonyl (C=O) groups excluding carboxylic acids is 2. The molecule has 2 aromatic carbocycles. The first-order valence-electron chi connectivity index (χ1n) is 8.53. The molecule has 26 heavy (non-hydrogen) atoms. The summed E-state index contributed by atoms with van der Waals surface area (Å²) < 4.78 is 10.4. The van der Waals surface area contributed by atoms with E-state index in [-0.39, 0.29) is 12.0 Å². The number of esters is 1. The van der Waals surface area contributed by atoms with E-state index in [0.29, 0.717) is 11.3 Å². The summed E-state index contributed by atoms with van der Waals surface area (Å²) in [6.07, 6.45) is 1.31. The molecule has 1 amide bonds. The van der Waals surface area contributed by atoms with Gasteiger partial charge in [0.25, 0.3) is 5.91 Å². The maximum Gasteiger partial charge on any atom is 0.308 e. The van der Waals surface area contributed by atoms with E-state index in [2.05, 4.69) is 10.2 Å². The lowest BCUT2D eigenvalue weighted by Gasteiger charge is -2.18. The van der Waals surface area contributed by atoms with Gasteiger partial charge in [0.05, 0.1) is 6.10 Å². The summed E-state index contributed by atoms with van der Waals surface area (Å²) in [5.74, 6) is -0.191. The highest BCUT2D eigenvalue weighted by atomic mass is 16.5.